The zero-order chi connectivity index (χ0) is 12.3. The summed E-state index contributed by atoms with van der Waals surface area (Å²) >= 11 is 0. The van der Waals surface area contributed by atoms with Crippen molar-refractivity contribution in [1.82, 2.24) is 9.55 Å². The molecule has 0 aliphatic rings. The second kappa shape index (κ2) is 4.63. The molecule has 0 amide bonds. The number of alkyl halides is 2. The van der Waals surface area contributed by atoms with Crippen LogP contribution in [0.3, 0.4) is 0 Å². The van der Waals surface area contributed by atoms with Crippen molar-refractivity contribution in [3.8, 4) is 11.3 Å². The van der Waals surface area contributed by atoms with Crippen LogP contribution in [0.5, 0.6) is 0 Å². The fraction of sp³-hybridized carbons (Fsp3) is 0.250. The highest BCUT2D eigenvalue weighted by Gasteiger charge is 2.28. The zero-order valence-corrected chi connectivity index (χ0v) is 9.18. The molecule has 0 bridgehead atoms. The van der Waals surface area contributed by atoms with E-state index in [0.29, 0.717) is 5.69 Å². The summed E-state index contributed by atoms with van der Waals surface area (Å²) in [4.78, 5) is 3.91. The smallest absolute Gasteiger partial charge is 0.277 e. The van der Waals surface area contributed by atoms with Crippen molar-refractivity contribution < 1.29 is 8.78 Å². The molecule has 0 atom stereocenters. The van der Waals surface area contributed by atoms with Gasteiger partial charge < -0.3 is 10.3 Å². The topological polar surface area (TPSA) is 43.8 Å². The Morgan fingerprint density at radius 1 is 1.24 bits per heavy atom. The number of nitrogens with zero attached hydrogens (tertiary/aromatic N) is 2. The summed E-state index contributed by atoms with van der Waals surface area (Å²) in [6, 6.07) is 9.29. The van der Waals surface area contributed by atoms with Crippen LogP contribution in [0, 0.1) is 0 Å². The Bertz CT molecular complexity index is 480. The minimum Gasteiger partial charge on any atom is -0.325 e. The van der Waals surface area contributed by atoms with E-state index in [-0.39, 0.29) is 0 Å². The van der Waals surface area contributed by atoms with Crippen molar-refractivity contribution in [1.29, 1.82) is 0 Å². The normalized spacial score (nSPS) is 11.7. The highest BCUT2D eigenvalue weighted by Crippen LogP contribution is 2.22. The summed E-state index contributed by atoms with van der Waals surface area (Å²) in [7, 11) is 0. The highest BCUT2D eigenvalue weighted by molar-refractivity contribution is 5.58. The lowest BCUT2D eigenvalue weighted by atomic mass is 10.1. The lowest BCUT2D eigenvalue weighted by molar-refractivity contribution is -0.00624. The molecule has 1 aromatic carbocycles. The fourth-order valence-corrected chi connectivity index (χ4v) is 1.61. The van der Waals surface area contributed by atoms with Crippen LogP contribution < -0.4 is 5.73 Å². The Kier molecular flexibility index (Phi) is 3.19. The average Bonchev–Trinajstić information content (AvgIpc) is 2.77. The number of rotatable bonds is 4. The Morgan fingerprint density at radius 3 is 2.59 bits per heavy atom. The Labute approximate surface area is 97.9 Å². The molecular formula is C12H13F2N3. The molecule has 17 heavy (non-hydrogen) atoms. The molecule has 5 heteroatoms. The van der Waals surface area contributed by atoms with Gasteiger partial charge in [-0.3, -0.25) is 0 Å². The summed E-state index contributed by atoms with van der Waals surface area (Å²) in [6.45, 7) is -1.12. The number of nitrogens with two attached hydrogens (primary N) is 1. The van der Waals surface area contributed by atoms with Gasteiger partial charge in [0.2, 0.25) is 0 Å². The van der Waals surface area contributed by atoms with Gasteiger partial charge in [-0.1, -0.05) is 30.3 Å². The number of hydrogen-bond acceptors (Lipinski definition) is 2. The monoisotopic (exact) mass is 237 g/mol. The molecule has 0 unspecified atom stereocenters. The number of hydrogen-bond donors (Lipinski definition) is 1. The standard InChI is InChI=1S/C12H13F2N3/c13-12(14,7-15)8-17-9-16-6-11(17)10-4-2-1-3-5-10/h1-6,9H,7-8,15H2. The van der Waals surface area contributed by atoms with Gasteiger partial charge in [0.25, 0.3) is 5.92 Å². The maximum Gasteiger partial charge on any atom is 0.277 e. The zero-order valence-electron chi connectivity index (χ0n) is 9.18. The molecule has 0 saturated carbocycles. The van der Waals surface area contributed by atoms with E-state index >= 15 is 0 Å². The van der Waals surface area contributed by atoms with E-state index in [1.807, 2.05) is 30.3 Å². The first-order valence-corrected chi connectivity index (χ1v) is 5.26. The number of imidazole rings is 1. The lowest BCUT2D eigenvalue weighted by Crippen LogP contribution is -2.32. The minimum atomic E-state index is -2.91. The maximum atomic E-state index is 13.2. The van der Waals surface area contributed by atoms with Crippen LogP contribution in [-0.4, -0.2) is 22.0 Å². The van der Waals surface area contributed by atoms with E-state index in [4.69, 9.17) is 5.73 Å². The summed E-state index contributed by atoms with van der Waals surface area (Å²) in [5.41, 5.74) is 6.55. The van der Waals surface area contributed by atoms with Crippen molar-refractivity contribution in [2.75, 3.05) is 6.54 Å². The van der Waals surface area contributed by atoms with Crippen LogP contribution in [-0.2, 0) is 6.54 Å². The van der Waals surface area contributed by atoms with E-state index in [0.717, 1.165) is 5.56 Å². The molecule has 90 valence electrons. The van der Waals surface area contributed by atoms with Crippen LogP contribution in [0.15, 0.2) is 42.9 Å². The van der Waals surface area contributed by atoms with Crippen molar-refractivity contribution in [2.45, 2.75) is 12.5 Å². The van der Waals surface area contributed by atoms with Crippen molar-refractivity contribution >= 4 is 0 Å². The van der Waals surface area contributed by atoms with Gasteiger partial charge in [-0.2, -0.15) is 0 Å². The summed E-state index contributed by atoms with van der Waals surface area (Å²) < 4.78 is 27.9. The van der Waals surface area contributed by atoms with Gasteiger partial charge in [0, 0.05) is 0 Å². The van der Waals surface area contributed by atoms with E-state index in [9.17, 15) is 8.78 Å². The average molecular weight is 237 g/mol. The minimum absolute atomic E-state index is 0.451. The first-order valence-electron chi connectivity index (χ1n) is 5.26. The SMILES string of the molecule is NCC(F)(F)Cn1cncc1-c1ccccc1. The van der Waals surface area contributed by atoms with Crippen molar-refractivity contribution in [2.24, 2.45) is 5.73 Å². The van der Waals surface area contributed by atoms with Gasteiger partial charge in [0.05, 0.1) is 31.3 Å². The first kappa shape index (κ1) is 11.7. The van der Waals surface area contributed by atoms with Crippen LogP contribution in [0.2, 0.25) is 0 Å². The molecule has 2 rings (SSSR count). The van der Waals surface area contributed by atoms with E-state index in [1.165, 1.54) is 10.9 Å². The van der Waals surface area contributed by atoms with E-state index in [1.54, 1.807) is 6.20 Å². The van der Waals surface area contributed by atoms with Crippen LogP contribution >= 0.6 is 0 Å². The fourth-order valence-electron chi connectivity index (χ4n) is 1.61. The molecule has 0 aliphatic carbocycles. The summed E-state index contributed by atoms with van der Waals surface area (Å²) in [5.74, 6) is -2.91. The summed E-state index contributed by atoms with van der Waals surface area (Å²) in [5, 5.41) is 0. The third-order valence-corrected chi connectivity index (χ3v) is 2.48. The number of aromatic nitrogens is 2. The molecular weight excluding hydrogens is 224 g/mol. The van der Waals surface area contributed by atoms with E-state index < -0.39 is 19.0 Å². The van der Waals surface area contributed by atoms with Crippen LogP contribution in [0.1, 0.15) is 0 Å². The number of halogens is 2. The van der Waals surface area contributed by atoms with Gasteiger partial charge in [0.15, 0.2) is 0 Å². The predicted molar refractivity (Wildman–Crippen MR) is 61.7 cm³/mol. The van der Waals surface area contributed by atoms with Gasteiger partial charge in [-0.05, 0) is 5.56 Å². The molecule has 0 spiro atoms. The number of benzene rings is 1. The molecule has 1 aromatic heterocycles. The second-order valence-corrected chi connectivity index (χ2v) is 3.83. The third kappa shape index (κ3) is 2.68. The second-order valence-electron chi connectivity index (χ2n) is 3.83. The Balaban J connectivity index is 2.30. The van der Waals surface area contributed by atoms with Gasteiger partial charge in [-0.15, -0.1) is 0 Å². The van der Waals surface area contributed by atoms with Crippen LogP contribution in [0.25, 0.3) is 11.3 Å². The molecule has 0 saturated heterocycles. The van der Waals surface area contributed by atoms with Crippen molar-refractivity contribution in [3.05, 3.63) is 42.9 Å². The van der Waals surface area contributed by atoms with Gasteiger partial charge >= 0.3 is 0 Å². The molecule has 3 nitrogen and oxygen atoms in total. The molecule has 1 heterocycles. The Hall–Kier alpha value is -1.75. The van der Waals surface area contributed by atoms with Crippen LogP contribution in [0.4, 0.5) is 8.78 Å². The molecule has 0 fully saturated rings. The largest absolute Gasteiger partial charge is 0.325 e. The van der Waals surface area contributed by atoms with Gasteiger partial charge in [-0.25, -0.2) is 13.8 Å². The molecule has 2 aromatic rings. The summed E-state index contributed by atoms with van der Waals surface area (Å²) in [6.07, 6.45) is 2.97. The highest BCUT2D eigenvalue weighted by atomic mass is 19.3. The first-order chi connectivity index (χ1) is 8.12. The molecule has 0 radical (unpaired) electrons. The maximum absolute atomic E-state index is 13.2. The van der Waals surface area contributed by atoms with E-state index in [2.05, 4.69) is 4.98 Å². The third-order valence-electron chi connectivity index (χ3n) is 2.48. The van der Waals surface area contributed by atoms with Crippen molar-refractivity contribution in [3.63, 3.8) is 0 Å². The predicted octanol–water partition coefficient (Wildman–Crippen LogP) is 2.14. The lowest BCUT2D eigenvalue weighted by Gasteiger charge is -2.16. The quantitative estimate of drug-likeness (QED) is 0.885. The molecule has 2 N–H and O–H groups in total. The van der Waals surface area contributed by atoms with Gasteiger partial charge in [0.1, 0.15) is 0 Å². The molecule has 0 aliphatic heterocycles. The Morgan fingerprint density at radius 2 is 1.94 bits per heavy atom.